The molecule has 0 bridgehead atoms. The molecule has 0 atom stereocenters. The molecule has 0 aliphatic heterocycles. The minimum Gasteiger partial charge on any atom is -0.480 e. The number of hydrogen-bond donors (Lipinski definition) is 1. The van der Waals surface area contributed by atoms with Crippen LogP contribution in [0.5, 0.6) is 0 Å². The van der Waals surface area contributed by atoms with E-state index in [0.29, 0.717) is 4.90 Å². The molecule has 0 heterocycles. The first kappa shape index (κ1) is 17.4. The van der Waals surface area contributed by atoms with E-state index >= 15 is 0 Å². The average molecular weight is 321 g/mol. The van der Waals surface area contributed by atoms with Gasteiger partial charge in [-0.1, -0.05) is 18.2 Å². The number of aliphatic carboxylic acids is 1. The molecule has 0 spiro atoms. The Balaban J connectivity index is 2.68. The van der Waals surface area contributed by atoms with Gasteiger partial charge in [-0.2, -0.15) is 13.2 Å². The van der Waals surface area contributed by atoms with Gasteiger partial charge in [0.15, 0.2) is 0 Å². The zero-order valence-electron chi connectivity index (χ0n) is 11.2. The first-order valence-corrected chi connectivity index (χ1v) is 6.92. The van der Waals surface area contributed by atoms with Gasteiger partial charge in [-0.25, -0.2) is 0 Å². The predicted molar refractivity (Wildman–Crippen MR) is 72.2 cm³/mol. The van der Waals surface area contributed by atoms with Gasteiger partial charge in [0.2, 0.25) is 5.91 Å². The molecule has 1 N–H and O–H groups in total. The lowest BCUT2D eigenvalue weighted by Crippen LogP contribution is -2.42. The number of rotatable bonds is 6. The average Bonchev–Trinajstić information content (AvgIpc) is 2.34. The summed E-state index contributed by atoms with van der Waals surface area (Å²) < 4.78 is 37.1. The van der Waals surface area contributed by atoms with Crippen LogP contribution in [0.4, 0.5) is 13.2 Å². The molecule has 0 aliphatic rings. The van der Waals surface area contributed by atoms with Crippen LogP contribution in [-0.2, 0) is 9.59 Å². The molecule has 8 heteroatoms. The summed E-state index contributed by atoms with van der Waals surface area (Å²) in [6.45, 7) is -0.712. The number of nitrogens with zero attached hydrogens (tertiary/aromatic N) is 1. The molecule has 0 unspecified atom stereocenters. The highest BCUT2D eigenvalue weighted by Crippen LogP contribution is 2.23. The number of carbonyl (C=O) groups excluding carboxylic acids is 1. The van der Waals surface area contributed by atoms with Crippen molar-refractivity contribution in [2.75, 3.05) is 18.8 Å². The number of hydrogen-bond acceptors (Lipinski definition) is 3. The van der Waals surface area contributed by atoms with Crippen molar-refractivity contribution in [3.05, 3.63) is 29.8 Å². The van der Waals surface area contributed by atoms with Crippen molar-refractivity contribution in [1.82, 2.24) is 4.90 Å². The molecular weight excluding hydrogens is 307 g/mol. The van der Waals surface area contributed by atoms with Crippen molar-refractivity contribution >= 4 is 23.6 Å². The molecule has 1 amide bonds. The number of halogens is 3. The topological polar surface area (TPSA) is 57.6 Å². The fraction of sp³-hybridized carbons (Fsp3) is 0.385. The van der Waals surface area contributed by atoms with Gasteiger partial charge in [0.05, 0.1) is 5.75 Å². The number of benzene rings is 1. The number of thioether (sulfide) groups is 1. The van der Waals surface area contributed by atoms with E-state index in [2.05, 4.69) is 0 Å². The number of alkyl halides is 3. The highest BCUT2D eigenvalue weighted by atomic mass is 32.2. The van der Waals surface area contributed by atoms with E-state index in [4.69, 9.17) is 5.11 Å². The van der Waals surface area contributed by atoms with Crippen LogP contribution in [0.25, 0.3) is 0 Å². The largest absolute Gasteiger partial charge is 0.480 e. The van der Waals surface area contributed by atoms with Gasteiger partial charge in [-0.3, -0.25) is 9.59 Å². The Morgan fingerprint density at radius 2 is 1.90 bits per heavy atom. The Morgan fingerprint density at radius 1 is 1.29 bits per heavy atom. The lowest BCUT2D eigenvalue weighted by Gasteiger charge is -2.22. The molecule has 0 saturated heterocycles. The Bertz CT molecular complexity index is 520. The Labute approximate surface area is 123 Å². The molecule has 0 fully saturated rings. The van der Waals surface area contributed by atoms with Crippen LogP contribution < -0.4 is 0 Å². The normalized spacial score (nSPS) is 11.2. The third kappa shape index (κ3) is 6.52. The molecule has 1 aromatic rings. The predicted octanol–water partition coefficient (Wildman–Crippen LogP) is 2.56. The SMILES string of the molecule is Cc1ccccc1SCC(=O)N(CC(=O)O)CC(F)(F)F. The fourth-order valence-electron chi connectivity index (χ4n) is 1.56. The monoisotopic (exact) mass is 321 g/mol. The lowest BCUT2D eigenvalue weighted by atomic mass is 10.2. The van der Waals surface area contributed by atoms with Crippen LogP contribution in [0.15, 0.2) is 29.2 Å². The van der Waals surface area contributed by atoms with Crippen molar-refractivity contribution in [3.63, 3.8) is 0 Å². The Kier molecular flexibility index (Phi) is 6.07. The summed E-state index contributed by atoms with van der Waals surface area (Å²) in [6, 6.07) is 7.13. The number of aryl methyl sites for hydroxylation is 1. The standard InChI is InChI=1S/C13H14F3NO3S/c1-9-4-2-3-5-10(9)21-7-11(18)17(6-12(19)20)8-13(14,15)16/h2-5H,6-8H2,1H3,(H,19,20). The van der Waals surface area contributed by atoms with E-state index in [1.54, 1.807) is 12.1 Å². The van der Waals surface area contributed by atoms with Gasteiger partial charge in [-0.05, 0) is 18.6 Å². The van der Waals surface area contributed by atoms with E-state index in [1.807, 2.05) is 19.1 Å². The molecular formula is C13H14F3NO3S. The molecule has 0 saturated carbocycles. The summed E-state index contributed by atoms with van der Waals surface area (Å²) in [4.78, 5) is 23.4. The zero-order chi connectivity index (χ0) is 16.0. The van der Waals surface area contributed by atoms with E-state index in [-0.39, 0.29) is 5.75 Å². The van der Waals surface area contributed by atoms with Crippen LogP contribution in [0.2, 0.25) is 0 Å². The van der Waals surface area contributed by atoms with E-state index in [0.717, 1.165) is 22.2 Å². The maximum absolute atomic E-state index is 12.4. The minimum atomic E-state index is -4.63. The second-order valence-electron chi connectivity index (χ2n) is 4.31. The molecule has 4 nitrogen and oxygen atoms in total. The second-order valence-corrected chi connectivity index (χ2v) is 5.33. The lowest BCUT2D eigenvalue weighted by molar-refractivity contribution is -0.164. The van der Waals surface area contributed by atoms with Crippen molar-refractivity contribution in [2.45, 2.75) is 18.0 Å². The zero-order valence-corrected chi connectivity index (χ0v) is 12.0. The summed E-state index contributed by atoms with van der Waals surface area (Å²) in [7, 11) is 0. The molecule has 0 radical (unpaired) electrons. The van der Waals surface area contributed by atoms with Gasteiger partial charge in [0.25, 0.3) is 0 Å². The number of carbonyl (C=O) groups is 2. The number of carboxylic acids is 1. The van der Waals surface area contributed by atoms with Crippen molar-refractivity contribution in [2.24, 2.45) is 0 Å². The van der Waals surface area contributed by atoms with Gasteiger partial charge < -0.3 is 10.0 Å². The summed E-state index contributed by atoms with van der Waals surface area (Å²) in [5, 5.41) is 8.59. The summed E-state index contributed by atoms with van der Waals surface area (Å²) in [5.41, 5.74) is 0.899. The number of carboxylic acid groups (broad SMARTS) is 1. The molecule has 0 aromatic heterocycles. The highest BCUT2D eigenvalue weighted by Gasteiger charge is 2.33. The summed E-state index contributed by atoms with van der Waals surface area (Å²) in [5.74, 6) is -2.58. The summed E-state index contributed by atoms with van der Waals surface area (Å²) >= 11 is 1.09. The molecule has 0 aliphatic carbocycles. The minimum absolute atomic E-state index is 0.242. The first-order valence-electron chi connectivity index (χ1n) is 5.94. The van der Waals surface area contributed by atoms with Gasteiger partial charge >= 0.3 is 12.1 Å². The quantitative estimate of drug-likeness (QED) is 0.818. The van der Waals surface area contributed by atoms with E-state index < -0.39 is 31.1 Å². The van der Waals surface area contributed by atoms with Crippen LogP contribution in [0, 0.1) is 6.92 Å². The van der Waals surface area contributed by atoms with Gasteiger partial charge in [-0.15, -0.1) is 11.8 Å². The fourth-order valence-corrected chi connectivity index (χ4v) is 2.49. The third-order valence-electron chi connectivity index (χ3n) is 2.49. The second kappa shape index (κ2) is 7.35. The van der Waals surface area contributed by atoms with Crippen LogP contribution >= 0.6 is 11.8 Å². The van der Waals surface area contributed by atoms with Crippen LogP contribution in [-0.4, -0.2) is 46.9 Å². The molecule has 1 rings (SSSR count). The van der Waals surface area contributed by atoms with Crippen molar-refractivity contribution in [1.29, 1.82) is 0 Å². The van der Waals surface area contributed by atoms with Crippen molar-refractivity contribution in [3.8, 4) is 0 Å². The highest BCUT2D eigenvalue weighted by molar-refractivity contribution is 8.00. The van der Waals surface area contributed by atoms with Crippen LogP contribution in [0.3, 0.4) is 0 Å². The molecule has 1 aromatic carbocycles. The maximum atomic E-state index is 12.4. The first-order chi connectivity index (χ1) is 9.69. The van der Waals surface area contributed by atoms with Gasteiger partial charge in [0, 0.05) is 4.90 Å². The van der Waals surface area contributed by atoms with Crippen LogP contribution in [0.1, 0.15) is 5.56 Å². The van der Waals surface area contributed by atoms with Gasteiger partial charge in [0.1, 0.15) is 13.1 Å². The van der Waals surface area contributed by atoms with E-state index in [9.17, 15) is 22.8 Å². The Morgan fingerprint density at radius 3 is 2.43 bits per heavy atom. The van der Waals surface area contributed by atoms with E-state index in [1.165, 1.54) is 0 Å². The number of amides is 1. The Hall–Kier alpha value is -1.70. The maximum Gasteiger partial charge on any atom is 0.406 e. The molecule has 116 valence electrons. The third-order valence-corrected chi connectivity index (χ3v) is 3.65. The summed E-state index contributed by atoms with van der Waals surface area (Å²) in [6.07, 6.45) is -4.63. The van der Waals surface area contributed by atoms with Crippen molar-refractivity contribution < 1.29 is 27.9 Å². The molecule has 21 heavy (non-hydrogen) atoms. The smallest absolute Gasteiger partial charge is 0.406 e.